The normalized spacial score (nSPS) is 18.0. The Bertz CT molecular complexity index is 2080. The molecule has 12 nitrogen and oxygen atoms in total. The second-order valence-electron chi connectivity index (χ2n) is 17.4. The molecule has 0 bridgehead atoms. The van der Waals surface area contributed by atoms with Crippen molar-refractivity contribution in [2.24, 2.45) is 17.6 Å². The third-order valence-electron chi connectivity index (χ3n) is 12.2. The Labute approximate surface area is 433 Å². The fraction of sp³-hybridized carbons (Fsp3) is 0.561. The molecule has 3 aliphatic rings. The summed E-state index contributed by atoms with van der Waals surface area (Å²) in [4.78, 5) is 48.1. The minimum atomic E-state index is -3.12. The number of hydrogen-bond donors (Lipinski definition) is 2. The Morgan fingerprint density at radius 2 is 1.56 bits per heavy atom. The lowest BCUT2D eigenvalue weighted by Crippen LogP contribution is -2.35. The van der Waals surface area contributed by atoms with E-state index >= 15 is 0 Å². The molecule has 1 aromatic heterocycles. The number of carbonyl (C=O) groups is 4. The molecule has 1 aliphatic carbocycles. The average Bonchev–Trinajstić information content (AvgIpc) is 3.72. The number of rotatable bonds is 18. The molecule has 3 N–H and O–H groups in total. The number of hydrogen-bond acceptors (Lipinski definition) is 11. The number of amides is 1. The van der Waals surface area contributed by atoms with Gasteiger partial charge >= 0.3 is 0 Å². The van der Waals surface area contributed by atoms with E-state index in [1.165, 1.54) is 69.7 Å². The molecule has 1 amide bonds. The molecule has 1 spiro atoms. The smallest absolute Gasteiger partial charge is 0.274 e. The summed E-state index contributed by atoms with van der Waals surface area (Å²) in [5, 5.41) is 12.7. The Hall–Kier alpha value is -4.38. The van der Waals surface area contributed by atoms with E-state index in [0.29, 0.717) is 34.5 Å². The maximum atomic E-state index is 12.6. The van der Waals surface area contributed by atoms with Gasteiger partial charge in [-0.05, 0) is 131 Å². The quantitative estimate of drug-likeness (QED) is 0.0552. The fourth-order valence-corrected chi connectivity index (χ4v) is 11.5. The van der Waals surface area contributed by atoms with Crippen LogP contribution in [0.2, 0.25) is 0 Å². The first-order chi connectivity index (χ1) is 34.4. The van der Waals surface area contributed by atoms with Crippen molar-refractivity contribution in [3.05, 3.63) is 106 Å². The van der Waals surface area contributed by atoms with Crippen LogP contribution in [0, 0.1) is 23.2 Å². The van der Waals surface area contributed by atoms with Gasteiger partial charge < -0.3 is 34.4 Å². The zero-order valence-electron chi connectivity index (χ0n) is 45.3. The topological polar surface area (TPSA) is 172 Å². The van der Waals surface area contributed by atoms with E-state index in [9.17, 15) is 23.7 Å². The lowest BCUT2D eigenvalue weighted by molar-refractivity contribution is -0.120. The SMILES string of the molecule is CC.CC.CC(C)[C@@H]1C(c2cccc(C#N)c2)CN(C=O)C12CC2.CCCOC.CN.CN1CCC[C@@H]1CCCCCC=O.COP(=O)(Cc1ccc2sc(C=O)cc2c1)NC(C)C=O.c1ccccc1. The largest absolute Gasteiger partial charge is 0.385 e. The molecular weight excluding hydrogens is 930 g/mol. The molecule has 4 aromatic rings. The Balaban J connectivity index is 0.000000904. The first kappa shape index (κ1) is 66.6. The Morgan fingerprint density at radius 1 is 0.915 bits per heavy atom. The van der Waals surface area contributed by atoms with Gasteiger partial charge in [0.2, 0.25) is 6.41 Å². The molecule has 0 radical (unpaired) electrons. The number of nitrogens with two attached hydrogens (primary N) is 1. The summed E-state index contributed by atoms with van der Waals surface area (Å²) in [7, 11) is 3.68. The van der Waals surface area contributed by atoms with Gasteiger partial charge in [-0.15, -0.1) is 11.3 Å². The van der Waals surface area contributed by atoms with Crippen LogP contribution in [0.5, 0.6) is 0 Å². The van der Waals surface area contributed by atoms with Crippen molar-refractivity contribution >= 4 is 54.2 Å². The van der Waals surface area contributed by atoms with E-state index in [1.54, 1.807) is 20.1 Å². The molecule has 14 heteroatoms. The van der Waals surface area contributed by atoms with E-state index in [0.717, 1.165) is 85.9 Å². The first-order valence-corrected chi connectivity index (χ1v) is 28.3. The van der Waals surface area contributed by atoms with E-state index in [-0.39, 0.29) is 11.7 Å². The lowest BCUT2D eigenvalue weighted by Gasteiger charge is -2.29. The van der Waals surface area contributed by atoms with Crippen LogP contribution in [0.4, 0.5) is 0 Å². The van der Waals surface area contributed by atoms with Crippen LogP contribution < -0.4 is 10.8 Å². The van der Waals surface area contributed by atoms with Crippen LogP contribution in [0.25, 0.3) is 10.1 Å². The third-order valence-corrected chi connectivity index (χ3v) is 15.4. The molecule has 2 aliphatic heterocycles. The molecule has 3 fully saturated rings. The van der Waals surface area contributed by atoms with Gasteiger partial charge in [0.05, 0.1) is 28.7 Å². The van der Waals surface area contributed by atoms with Crippen molar-refractivity contribution in [3.63, 3.8) is 0 Å². The summed E-state index contributed by atoms with van der Waals surface area (Å²) in [6.07, 6.45) is 15.5. The van der Waals surface area contributed by atoms with Gasteiger partial charge in [-0.3, -0.25) is 14.2 Å². The molecule has 396 valence electrons. The van der Waals surface area contributed by atoms with Crippen LogP contribution in [0.1, 0.15) is 152 Å². The summed E-state index contributed by atoms with van der Waals surface area (Å²) >= 11 is 1.41. The summed E-state index contributed by atoms with van der Waals surface area (Å²) in [6, 6.07) is 29.8. The second kappa shape index (κ2) is 39.2. The Morgan fingerprint density at radius 3 is 2.03 bits per heavy atom. The fourth-order valence-electron chi connectivity index (χ4n) is 8.94. The number of benzene rings is 3. The van der Waals surface area contributed by atoms with Gasteiger partial charge in [-0.2, -0.15) is 5.26 Å². The molecule has 2 saturated heterocycles. The minimum absolute atomic E-state index is 0.100. The monoisotopic (exact) mass is 1020 g/mol. The van der Waals surface area contributed by atoms with E-state index in [4.69, 9.17) is 14.5 Å². The van der Waals surface area contributed by atoms with Gasteiger partial charge in [0, 0.05) is 56.0 Å². The number of methoxy groups -OCH3 is 1. The van der Waals surface area contributed by atoms with E-state index in [1.807, 2.05) is 105 Å². The van der Waals surface area contributed by atoms with Gasteiger partial charge in [0.25, 0.3) is 7.52 Å². The number of likely N-dealkylation sites (tertiary alicyclic amines) is 2. The Kier molecular flexibility index (Phi) is 36.8. The summed E-state index contributed by atoms with van der Waals surface area (Å²) in [5.74, 6) is 1.40. The molecule has 71 heavy (non-hydrogen) atoms. The highest BCUT2D eigenvalue weighted by molar-refractivity contribution is 7.56. The molecule has 1 saturated carbocycles. The highest BCUT2D eigenvalue weighted by Gasteiger charge is 2.61. The number of thiophene rings is 1. The van der Waals surface area contributed by atoms with Crippen LogP contribution in [0.15, 0.2) is 84.9 Å². The summed E-state index contributed by atoms with van der Waals surface area (Å²) < 4.78 is 23.4. The molecule has 5 atom stereocenters. The van der Waals surface area contributed by atoms with Gasteiger partial charge in [-0.1, -0.05) is 116 Å². The maximum Gasteiger partial charge on any atom is 0.274 e. The van der Waals surface area contributed by atoms with Crippen LogP contribution >= 0.6 is 18.9 Å². The number of ether oxygens (including phenoxy) is 1. The predicted octanol–water partition coefficient (Wildman–Crippen LogP) is 12.7. The first-order valence-electron chi connectivity index (χ1n) is 25.7. The third kappa shape index (κ3) is 23.8. The standard InChI is InChI=1S/C17H20N2O.C14H16NO4PS.C11H21NO.C6H6.C4H10O.2C2H6.CH5N/c1-12(2)16-15(10-19(11-20)17(16)6-7-17)14-5-3-4-13(8-14)9-18;1-10(7-16)15-20(18,19-2)9-11-3-4-14-12(5-11)6-13(8-17)21-14;1-12-9-6-8-11(12)7-4-2-3-5-10-13;1-2-4-6-5-3-1;1-3-4-5-2;3*1-2/h3-5,8,11-12,15-16H,6-7,10H2,1-2H3;3-8,10H,9H2,1-2H3,(H,15,18);10-11H,2-9H2,1H3;1-6H;3-4H2,1-2H3;2*1-2H3;2H2,1H3/t15?,16-;;11-;;;;;/m1.0...../s1. The van der Waals surface area contributed by atoms with Crippen molar-refractivity contribution < 1.29 is 33.0 Å². The second-order valence-corrected chi connectivity index (χ2v) is 20.8. The maximum absolute atomic E-state index is 12.6. The molecule has 3 aromatic carbocycles. The zero-order valence-corrected chi connectivity index (χ0v) is 47.0. The molecule has 3 unspecified atom stereocenters. The molecule has 3 heterocycles. The van der Waals surface area contributed by atoms with Crippen LogP contribution in [-0.2, 0) is 34.4 Å². The van der Waals surface area contributed by atoms with Crippen molar-refractivity contribution in [2.45, 2.75) is 149 Å². The van der Waals surface area contributed by atoms with Gasteiger partial charge in [0.1, 0.15) is 12.6 Å². The summed E-state index contributed by atoms with van der Waals surface area (Å²) in [6.45, 7) is 19.2. The number of carbonyl (C=O) groups excluding carboxylic acids is 4. The highest BCUT2D eigenvalue weighted by Crippen LogP contribution is 2.59. The highest BCUT2D eigenvalue weighted by atomic mass is 32.1. The molecular formula is C57H90N5O7PS. The van der Waals surface area contributed by atoms with E-state index < -0.39 is 13.6 Å². The molecule has 7 rings (SSSR count). The summed E-state index contributed by atoms with van der Waals surface area (Å²) in [5.41, 5.74) is 7.34. The number of unbranched alkanes of at least 4 members (excludes halogenated alkanes) is 3. The van der Waals surface area contributed by atoms with Crippen molar-refractivity contribution in [3.8, 4) is 6.07 Å². The minimum Gasteiger partial charge on any atom is -0.385 e. The van der Waals surface area contributed by atoms with Crippen LogP contribution in [-0.4, -0.2) is 101 Å². The number of fused-ring (bicyclic) bond motifs is 1. The van der Waals surface area contributed by atoms with Gasteiger partial charge in [-0.25, -0.2) is 5.09 Å². The number of aldehydes is 3. The number of nitrogens with zero attached hydrogens (tertiary/aromatic N) is 3. The zero-order chi connectivity index (χ0) is 53.7. The number of nitrogens with one attached hydrogen (secondary N) is 1. The lowest BCUT2D eigenvalue weighted by atomic mass is 9.76. The van der Waals surface area contributed by atoms with Crippen molar-refractivity contribution in [1.29, 1.82) is 5.26 Å². The average molecular weight is 1020 g/mol. The van der Waals surface area contributed by atoms with Crippen LogP contribution in [0.3, 0.4) is 0 Å². The van der Waals surface area contributed by atoms with Crippen molar-refractivity contribution in [1.82, 2.24) is 14.9 Å². The van der Waals surface area contributed by atoms with E-state index in [2.05, 4.69) is 55.7 Å². The predicted molar refractivity (Wildman–Crippen MR) is 297 cm³/mol. The van der Waals surface area contributed by atoms with Crippen molar-refractivity contribution in [2.75, 3.05) is 48.0 Å². The van der Waals surface area contributed by atoms with Gasteiger partial charge in [0.15, 0.2) is 6.29 Å². The number of nitriles is 1.